The van der Waals surface area contributed by atoms with Crippen LogP contribution in [0.25, 0.3) is 0 Å². The summed E-state index contributed by atoms with van der Waals surface area (Å²) in [7, 11) is 0. The number of hydrogen-bond acceptors (Lipinski definition) is 4. The van der Waals surface area contributed by atoms with Crippen LogP contribution in [0.5, 0.6) is 0 Å². The summed E-state index contributed by atoms with van der Waals surface area (Å²) >= 11 is 6.09. The normalized spacial score (nSPS) is 22.2. The van der Waals surface area contributed by atoms with Crippen LogP contribution in [-0.4, -0.2) is 60.4 Å². The highest BCUT2D eigenvalue weighted by Gasteiger charge is 2.48. The lowest BCUT2D eigenvalue weighted by molar-refractivity contribution is -0.146. The SMILES string of the molecule is CC(C)(C)NC(=O)C1(C2CCCCC2)CCN(C(=O)C[C@@H](Cc2ccc(Cl)cc2)NC(=O)[C@@H]2CCCNC2)CC1.Cl. The Bertz CT molecular complexity index is 1010. The summed E-state index contributed by atoms with van der Waals surface area (Å²) in [6, 6.07) is 7.32. The molecule has 0 bridgehead atoms. The Morgan fingerprint density at radius 3 is 2.27 bits per heavy atom. The number of rotatable bonds is 8. The zero-order valence-electron chi connectivity index (χ0n) is 25.1. The predicted molar refractivity (Wildman–Crippen MR) is 167 cm³/mol. The highest BCUT2D eigenvalue weighted by atomic mass is 35.5. The van der Waals surface area contributed by atoms with Crippen LogP contribution in [0.15, 0.2) is 24.3 Å². The van der Waals surface area contributed by atoms with E-state index in [1.165, 1.54) is 19.3 Å². The van der Waals surface area contributed by atoms with Crippen molar-refractivity contribution in [2.75, 3.05) is 26.2 Å². The quantitative estimate of drug-likeness (QED) is 0.374. The summed E-state index contributed by atoms with van der Waals surface area (Å²) in [4.78, 5) is 42.4. The standard InChI is InChI=1S/C32H49ClN4O3.ClH/c1-31(2,3)36-30(40)32(25-9-5-4-6-10-25)15-18-37(19-16-32)28(38)21-27(20-23-11-13-26(33)14-12-23)35-29(39)24-8-7-17-34-22-24;/h11-14,24-25,27,34H,4-10,15-22H2,1-3H3,(H,35,39)(H,36,40);1H/t24-,27-;/m1./s1. The number of amides is 3. The summed E-state index contributed by atoms with van der Waals surface area (Å²) in [5.41, 5.74) is 0.347. The monoisotopic (exact) mass is 608 g/mol. The molecule has 0 spiro atoms. The smallest absolute Gasteiger partial charge is 0.227 e. The van der Waals surface area contributed by atoms with Crippen molar-refractivity contribution in [3.8, 4) is 0 Å². The molecule has 1 aromatic rings. The zero-order chi connectivity index (χ0) is 28.8. The van der Waals surface area contributed by atoms with Crippen molar-refractivity contribution in [1.29, 1.82) is 0 Å². The van der Waals surface area contributed by atoms with Crippen molar-refractivity contribution in [3.05, 3.63) is 34.9 Å². The summed E-state index contributed by atoms with van der Waals surface area (Å²) in [6.45, 7) is 8.91. The third-order valence-corrected chi connectivity index (χ3v) is 9.42. The van der Waals surface area contributed by atoms with Gasteiger partial charge in [-0.1, -0.05) is 43.0 Å². The van der Waals surface area contributed by atoms with Crippen LogP contribution in [-0.2, 0) is 20.8 Å². The maximum atomic E-state index is 13.7. The van der Waals surface area contributed by atoms with E-state index in [9.17, 15) is 14.4 Å². The van der Waals surface area contributed by atoms with Crippen molar-refractivity contribution in [3.63, 3.8) is 0 Å². The molecule has 9 heteroatoms. The maximum absolute atomic E-state index is 13.7. The molecule has 4 rings (SSSR count). The van der Waals surface area contributed by atoms with E-state index >= 15 is 0 Å². The summed E-state index contributed by atoms with van der Waals surface area (Å²) in [5, 5.41) is 10.5. The lowest BCUT2D eigenvalue weighted by Crippen LogP contribution is -2.57. The van der Waals surface area contributed by atoms with Crippen LogP contribution in [0.2, 0.25) is 5.02 Å². The van der Waals surface area contributed by atoms with Crippen molar-refractivity contribution < 1.29 is 14.4 Å². The van der Waals surface area contributed by atoms with Crippen LogP contribution in [0, 0.1) is 17.3 Å². The van der Waals surface area contributed by atoms with Gasteiger partial charge in [0.1, 0.15) is 0 Å². The number of hydrogen-bond donors (Lipinski definition) is 3. The van der Waals surface area contributed by atoms with Gasteiger partial charge in [0.2, 0.25) is 17.7 Å². The minimum atomic E-state index is -0.407. The Morgan fingerprint density at radius 1 is 1.02 bits per heavy atom. The zero-order valence-corrected chi connectivity index (χ0v) is 26.7. The summed E-state index contributed by atoms with van der Waals surface area (Å²) in [6.07, 6.45) is 9.87. The first kappa shape index (κ1) is 33.7. The van der Waals surface area contributed by atoms with Gasteiger partial charge in [-0.3, -0.25) is 14.4 Å². The van der Waals surface area contributed by atoms with E-state index < -0.39 is 5.41 Å². The van der Waals surface area contributed by atoms with Crippen molar-refractivity contribution in [1.82, 2.24) is 20.9 Å². The second-order valence-electron chi connectivity index (χ2n) is 13.4. The van der Waals surface area contributed by atoms with Gasteiger partial charge in [0, 0.05) is 42.7 Å². The van der Waals surface area contributed by atoms with Gasteiger partial charge in [0.15, 0.2) is 0 Å². The maximum Gasteiger partial charge on any atom is 0.227 e. The van der Waals surface area contributed by atoms with E-state index in [0.717, 1.165) is 37.8 Å². The number of carbonyl (C=O) groups excluding carboxylic acids is 3. The minimum absolute atomic E-state index is 0. The third kappa shape index (κ3) is 9.33. The molecule has 3 fully saturated rings. The fourth-order valence-electron chi connectivity index (χ4n) is 6.91. The molecule has 41 heavy (non-hydrogen) atoms. The molecule has 3 N–H and O–H groups in total. The average Bonchev–Trinajstić information content (AvgIpc) is 2.94. The molecule has 3 aliphatic rings. The van der Waals surface area contributed by atoms with Crippen molar-refractivity contribution in [2.45, 2.75) is 103 Å². The predicted octanol–water partition coefficient (Wildman–Crippen LogP) is 5.28. The van der Waals surface area contributed by atoms with Crippen LogP contribution in [0.3, 0.4) is 0 Å². The second kappa shape index (κ2) is 15.1. The number of likely N-dealkylation sites (tertiary alicyclic amines) is 1. The molecule has 7 nitrogen and oxygen atoms in total. The molecule has 1 saturated carbocycles. The van der Waals surface area contributed by atoms with Crippen LogP contribution < -0.4 is 16.0 Å². The van der Waals surface area contributed by atoms with E-state index in [1.54, 1.807) is 0 Å². The second-order valence-corrected chi connectivity index (χ2v) is 13.8. The molecule has 1 aromatic carbocycles. The minimum Gasteiger partial charge on any atom is -0.352 e. The molecule has 1 aliphatic carbocycles. The summed E-state index contributed by atoms with van der Waals surface area (Å²) < 4.78 is 0. The van der Waals surface area contributed by atoms with Crippen LogP contribution in [0.1, 0.15) is 90.5 Å². The molecular weight excluding hydrogens is 559 g/mol. The van der Waals surface area contributed by atoms with Gasteiger partial charge >= 0.3 is 0 Å². The number of carbonyl (C=O) groups is 3. The number of nitrogens with zero attached hydrogens (tertiary/aromatic N) is 1. The molecule has 0 unspecified atom stereocenters. The van der Waals surface area contributed by atoms with Gasteiger partial charge < -0.3 is 20.9 Å². The van der Waals surface area contributed by atoms with E-state index in [-0.39, 0.29) is 54.0 Å². The van der Waals surface area contributed by atoms with E-state index in [2.05, 4.69) is 16.0 Å². The number of nitrogens with one attached hydrogen (secondary N) is 3. The van der Waals surface area contributed by atoms with E-state index in [4.69, 9.17) is 11.6 Å². The molecule has 2 aliphatic heterocycles. The number of halogens is 2. The van der Waals surface area contributed by atoms with E-state index in [0.29, 0.717) is 49.8 Å². The van der Waals surface area contributed by atoms with Gasteiger partial charge in [0.25, 0.3) is 0 Å². The topological polar surface area (TPSA) is 90.5 Å². The van der Waals surface area contributed by atoms with E-state index in [1.807, 2.05) is 49.9 Å². The average molecular weight is 610 g/mol. The van der Waals surface area contributed by atoms with Crippen molar-refractivity contribution in [2.24, 2.45) is 17.3 Å². The fourth-order valence-corrected chi connectivity index (χ4v) is 7.04. The van der Waals surface area contributed by atoms with Crippen LogP contribution in [0.4, 0.5) is 0 Å². The first-order valence-corrected chi connectivity index (χ1v) is 15.8. The highest BCUT2D eigenvalue weighted by Crippen LogP contribution is 2.46. The first-order chi connectivity index (χ1) is 19.1. The van der Waals surface area contributed by atoms with Crippen LogP contribution >= 0.6 is 24.0 Å². The van der Waals surface area contributed by atoms with Gasteiger partial charge in [-0.05, 0) is 95.9 Å². The fraction of sp³-hybridized carbons (Fsp3) is 0.719. The Balaban J connectivity index is 0.00000462. The lowest BCUT2D eigenvalue weighted by atomic mass is 9.63. The molecule has 2 saturated heterocycles. The lowest BCUT2D eigenvalue weighted by Gasteiger charge is -2.47. The van der Waals surface area contributed by atoms with Gasteiger partial charge in [-0.15, -0.1) is 12.4 Å². The molecule has 0 aromatic heterocycles. The summed E-state index contributed by atoms with van der Waals surface area (Å²) in [5.74, 6) is 0.543. The Morgan fingerprint density at radius 2 is 1.68 bits per heavy atom. The molecule has 3 amide bonds. The Labute approximate surface area is 257 Å². The molecular formula is C32H50Cl2N4O3. The van der Waals surface area contributed by atoms with Gasteiger partial charge in [-0.25, -0.2) is 0 Å². The molecule has 0 radical (unpaired) electrons. The first-order valence-electron chi connectivity index (χ1n) is 15.4. The Hall–Kier alpha value is -1.83. The highest BCUT2D eigenvalue weighted by molar-refractivity contribution is 6.30. The number of benzene rings is 1. The van der Waals surface area contributed by atoms with Gasteiger partial charge in [0.05, 0.1) is 11.3 Å². The third-order valence-electron chi connectivity index (χ3n) is 9.17. The van der Waals surface area contributed by atoms with Crippen molar-refractivity contribution >= 4 is 41.7 Å². The molecule has 2 atom stereocenters. The number of piperidine rings is 2. The molecule has 2 heterocycles. The Kier molecular flexibility index (Phi) is 12.4. The largest absolute Gasteiger partial charge is 0.352 e. The molecule has 230 valence electrons. The van der Waals surface area contributed by atoms with Gasteiger partial charge in [-0.2, -0.15) is 0 Å².